The van der Waals surface area contributed by atoms with Gasteiger partial charge in [0, 0.05) is 23.2 Å². The third-order valence-electron chi connectivity index (χ3n) is 3.27. The van der Waals surface area contributed by atoms with Crippen LogP contribution in [0.15, 0.2) is 5.38 Å². The Balaban J connectivity index is 1.81. The van der Waals surface area contributed by atoms with Crippen LogP contribution in [-0.2, 0) is 6.54 Å². The molecule has 0 aliphatic heterocycles. The molecular formula is C12H18N2O2S2. The topological polar surface area (TPSA) is 62.2 Å². The Morgan fingerprint density at radius 3 is 3.17 bits per heavy atom. The molecule has 1 heterocycles. The minimum Gasteiger partial charge on any atom is -0.476 e. The summed E-state index contributed by atoms with van der Waals surface area (Å²) in [6.07, 6.45) is 7.19. The first-order valence-corrected chi connectivity index (χ1v) is 8.29. The van der Waals surface area contributed by atoms with Crippen LogP contribution in [0.4, 0.5) is 0 Å². The highest BCUT2D eigenvalue weighted by Crippen LogP contribution is 2.27. The van der Waals surface area contributed by atoms with Gasteiger partial charge in [-0.05, 0) is 25.5 Å². The van der Waals surface area contributed by atoms with Crippen molar-refractivity contribution in [1.29, 1.82) is 0 Å². The van der Waals surface area contributed by atoms with Gasteiger partial charge in [0.1, 0.15) is 0 Å². The molecule has 2 rings (SSSR count). The monoisotopic (exact) mass is 286 g/mol. The summed E-state index contributed by atoms with van der Waals surface area (Å²) in [5.74, 6) is -0.939. The molecule has 2 N–H and O–H groups in total. The van der Waals surface area contributed by atoms with Gasteiger partial charge in [-0.2, -0.15) is 11.8 Å². The second-order valence-corrected chi connectivity index (χ2v) is 6.55. The molecule has 6 heteroatoms. The lowest BCUT2D eigenvalue weighted by atomic mass is 9.95. The van der Waals surface area contributed by atoms with Gasteiger partial charge in [-0.3, -0.25) is 0 Å². The number of aromatic nitrogens is 1. The molecule has 0 bridgehead atoms. The van der Waals surface area contributed by atoms with E-state index in [0.717, 1.165) is 10.9 Å². The first-order chi connectivity index (χ1) is 8.69. The minimum atomic E-state index is -0.939. The van der Waals surface area contributed by atoms with Crippen molar-refractivity contribution >= 4 is 29.1 Å². The zero-order valence-electron chi connectivity index (χ0n) is 10.4. The molecule has 1 saturated carbocycles. The molecule has 0 amide bonds. The van der Waals surface area contributed by atoms with E-state index in [1.165, 1.54) is 37.0 Å². The number of thioether (sulfide) groups is 1. The first-order valence-electron chi connectivity index (χ1n) is 6.13. The average molecular weight is 286 g/mol. The Kier molecular flexibility index (Phi) is 5.03. The van der Waals surface area contributed by atoms with Crippen molar-refractivity contribution in [3.05, 3.63) is 16.1 Å². The Morgan fingerprint density at radius 1 is 1.67 bits per heavy atom. The molecular weight excluding hydrogens is 268 g/mol. The SMILES string of the molecule is CSC1CCCC(NCc2csc(C(=O)O)n2)C1. The summed E-state index contributed by atoms with van der Waals surface area (Å²) in [6, 6.07) is 0.547. The molecule has 1 fully saturated rings. The van der Waals surface area contributed by atoms with Crippen molar-refractivity contribution < 1.29 is 9.90 Å². The van der Waals surface area contributed by atoms with Gasteiger partial charge in [0.15, 0.2) is 0 Å². The zero-order chi connectivity index (χ0) is 13.0. The average Bonchev–Trinajstić information content (AvgIpc) is 2.85. The molecule has 1 aromatic rings. The smallest absolute Gasteiger partial charge is 0.365 e. The van der Waals surface area contributed by atoms with Crippen molar-refractivity contribution in [3.63, 3.8) is 0 Å². The van der Waals surface area contributed by atoms with Gasteiger partial charge < -0.3 is 10.4 Å². The first kappa shape index (κ1) is 13.8. The lowest BCUT2D eigenvalue weighted by Gasteiger charge is -2.28. The van der Waals surface area contributed by atoms with E-state index in [2.05, 4.69) is 16.6 Å². The van der Waals surface area contributed by atoms with Crippen molar-refractivity contribution in [2.45, 2.75) is 43.5 Å². The fourth-order valence-electron chi connectivity index (χ4n) is 2.28. The number of aromatic carboxylic acids is 1. The highest BCUT2D eigenvalue weighted by atomic mass is 32.2. The zero-order valence-corrected chi connectivity index (χ0v) is 12.0. The lowest BCUT2D eigenvalue weighted by molar-refractivity contribution is 0.0696. The molecule has 0 aromatic carbocycles. The van der Waals surface area contributed by atoms with E-state index in [9.17, 15) is 4.79 Å². The van der Waals surface area contributed by atoms with Crippen LogP contribution in [0.3, 0.4) is 0 Å². The summed E-state index contributed by atoms with van der Waals surface area (Å²) < 4.78 is 0. The molecule has 0 spiro atoms. The maximum absolute atomic E-state index is 10.7. The Labute approximate surface area is 115 Å². The van der Waals surface area contributed by atoms with Crippen LogP contribution in [0.25, 0.3) is 0 Å². The molecule has 0 saturated heterocycles. The van der Waals surface area contributed by atoms with Crippen LogP contribution in [0, 0.1) is 0 Å². The van der Waals surface area contributed by atoms with Gasteiger partial charge >= 0.3 is 5.97 Å². The molecule has 1 aromatic heterocycles. The van der Waals surface area contributed by atoms with E-state index in [1.807, 2.05) is 17.1 Å². The van der Waals surface area contributed by atoms with Crippen LogP contribution in [0.1, 0.15) is 41.2 Å². The van der Waals surface area contributed by atoms with Gasteiger partial charge in [-0.1, -0.05) is 6.42 Å². The number of nitrogens with zero attached hydrogens (tertiary/aromatic N) is 1. The molecule has 18 heavy (non-hydrogen) atoms. The molecule has 2 unspecified atom stereocenters. The highest BCUT2D eigenvalue weighted by molar-refractivity contribution is 7.99. The van der Waals surface area contributed by atoms with E-state index < -0.39 is 5.97 Å². The fraction of sp³-hybridized carbons (Fsp3) is 0.667. The van der Waals surface area contributed by atoms with E-state index >= 15 is 0 Å². The maximum atomic E-state index is 10.7. The Morgan fingerprint density at radius 2 is 2.50 bits per heavy atom. The van der Waals surface area contributed by atoms with E-state index in [4.69, 9.17) is 5.11 Å². The number of rotatable bonds is 5. The van der Waals surface area contributed by atoms with E-state index in [1.54, 1.807) is 0 Å². The fourth-order valence-corrected chi connectivity index (χ4v) is 3.76. The number of hydrogen-bond donors (Lipinski definition) is 2. The van der Waals surface area contributed by atoms with Crippen LogP contribution < -0.4 is 5.32 Å². The third-order valence-corrected chi connectivity index (χ3v) is 5.24. The van der Waals surface area contributed by atoms with Crippen molar-refractivity contribution in [2.24, 2.45) is 0 Å². The predicted molar refractivity (Wildman–Crippen MR) is 75.5 cm³/mol. The standard InChI is InChI=1S/C12H18N2O2S2/c1-17-10-4-2-3-8(5-10)13-6-9-7-18-11(14-9)12(15)16/h7-8,10,13H,2-6H2,1H3,(H,15,16). The lowest BCUT2D eigenvalue weighted by Crippen LogP contribution is -2.34. The second-order valence-electron chi connectivity index (χ2n) is 4.55. The maximum Gasteiger partial charge on any atom is 0.365 e. The largest absolute Gasteiger partial charge is 0.476 e. The summed E-state index contributed by atoms with van der Waals surface area (Å²) in [4.78, 5) is 14.8. The summed E-state index contributed by atoms with van der Waals surface area (Å²) in [5.41, 5.74) is 0.837. The summed E-state index contributed by atoms with van der Waals surface area (Å²) in [5, 5.41) is 15.1. The normalized spacial score (nSPS) is 24.1. The highest BCUT2D eigenvalue weighted by Gasteiger charge is 2.21. The third kappa shape index (κ3) is 3.70. The predicted octanol–water partition coefficient (Wildman–Crippen LogP) is 2.61. The molecule has 0 radical (unpaired) electrons. The second kappa shape index (κ2) is 6.54. The van der Waals surface area contributed by atoms with Gasteiger partial charge in [0.25, 0.3) is 0 Å². The number of hydrogen-bond acceptors (Lipinski definition) is 5. The number of thiazole rings is 1. The molecule has 2 atom stereocenters. The Hall–Kier alpha value is -0.590. The quantitative estimate of drug-likeness (QED) is 0.871. The Bertz CT molecular complexity index is 409. The van der Waals surface area contributed by atoms with Crippen molar-refractivity contribution in [3.8, 4) is 0 Å². The van der Waals surface area contributed by atoms with Crippen LogP contribution >= 0.6 is 23.1 Å². The molecule has 1 aliphatic rings. The van der Waals surface area contributed by atoms with Crippen molar-refractivity contribution in [2.75, 3.05) is 6.26 Å². The molecule has 100 valence electrons. The van der Waals surface area contributed by atoms with Crippen LogP contribution in [-0.4, -0.2) is 33.6 Å². The van der Waals surface area contributed by atoms with Crippen molar-refractivity contribution in [1.82, 2.24) is 10.3 Å². The summed E-state index contributed by atoms with van der Waals surface area (Å²) in [6.45, 7) is 0.676. The van der Waals surface area contributed by atoms with E-state index in [-0.39, 0.29) is 5.01 Å². The molecule has 1 aliphatic carbocycles. The van der Waals surface area contributed by atoms with E-state index in [0.29, 0.717) is 12.6 Å². The van der Waals surface area contributed by atoms with Crippen LogP contribution in [0.2, 0.25) is 0 Å². The van der Waals surface area contributed by atoms with Crippen LogP contribution in [0.5, 0.6) is 0 Å². The minimum absolute atomic E-state index is 0.178. The van der Waals surface area contributed by atoms with Gasteiger partial charge in [-0.15, -0.1) is 11.3 Å². The van der Waals surface area contributed by atoms with Gasteiger partial charge in [0.2, 0.25) is 5.01 Å². The summed E-state index contributed by atoms with van der Waals surface area (Å²) in [7, 11) is 0. The molecule has 4 nitrogen and oxygen atoms in total. The van der Waals surface area contributed by atoms with Gasteiger partial charge in [-0.25, -0.2) is 9.78 Å². The van der Waals surface area contributed by atoms with Gasteiger partial charge in [0.05, 0.1) is 5.69 Å². The number of carbonyl (C=O) groups is 1. The number of nitrogens with one attached hydrogen (secondary N) is 1. The number of carboxylic acid groups (broad SMARTS) is 1. The summed E-state index contributed by atoms with van der Waals surface area (Å²) >= 11 is 3.14. The number of carboxylic acids is 1.